The Morgan fingerprint density at radius 3 is 2.58 bits per heavy atom. The molecule has 26 heavy (non-hydrogen) atoms. The Bertz CT molecular complexity index is 614. The molecule has 1 aliphatic heterocycles. The fourth-order valence-electron chi connectivity index (χ4n) is 5.17. The summed E-state index contributed by atoms with van der Waals surface area (Å²) in [5.41, 5.74) is 1.34. The van der Waals surface area contributed by atoms with Crippen molar-refractivity contribution in [1.29, 1.82) is 0 Å². The predicted octanol–water partition coefficient (Wildman–Crippen LogP) is 3.48. The van der Waals surface area contributed by atoms with Gasteiger partial charge in [-0.2, -0.15) is 0 Å². The summed E-state index contributed by atoms with van der Waals surface area (Å²) in [7, 11) is 1.72. The van der Waals surface area contributed by atoms with Crippen LogP contribution in [0.2, 0.25) is 0 Å². The molecule has 0 spiro atoms. The molecule has 2 N–H and O–H groups in total. The number of hydrogen-bond acceptors (Lipinski definition) is 3. The van der Waals surface area contributed by atoms with Crippen LogP contribution in [0.4, 0.5) is 0 Å². The summed E-state index contributed by atoms with van der Waals surface area (Å²) in [6, 6.07) is 9.46. The smallest absolute Gasteiger partial charge is 0.166 e. The fourth-order valence-corrected chi connectivity index (χ4v) is 5.40. The molecule has 0 amide bonds. The van der Waals surface area contributed by atoms with E-state index in [1.165, 1.54) is 57.2 Å². The molecule has 2 bridgehead atoms. The molecule has 142 valence electrons. The molecule has 3 aliphatic rings. The van der Waals surface area contributed by atoms with Gasteiger partial charge in [0, 0.05) is 12.6 Å². The highest BCUT2D eigenvalue weighted by Crippen LogP contribution is 2.44. The number of methoxy groups -OCH3 is 1. The van der Waals surface area contributed by atoms with Gasteiger partial charge in [-0.1, -0.05) is 18.6 Å². The highest BCUT2D eigenvalue weighted by Gasteiger charge is 2.39. The van der Waals surface area contributed by atoms with Crippen molar-refractivity contribution in [2.24, 2.45) is 11.8 Å². The average Bonchev–Trinajstić information content (AvgIpc) is 3.41. The van der Waals surface area contributed by atoms with Gasteiger partial charge >= 0.3 is 0 Å². The Labute approximate surface area is 162 Å². The molecule has 1 saturated heterocycles. The molecule has 4 atom stereocenters. The van der Waals surface area contributed by atoms with Crippen molar-refractivity contribution in [3.8, 4) is 5.75 Å². The number of rotatable bonds is 6. The van der Waals surface area contributed by atoms with Gasteiger partial charge in [-0.3, -0.25) is 4.90 Å². The van der Waals surface area contributed by atoms with Gasteiger partial charge in [0.1, 0.15) is 5.75 Å². The number of fused-ring (bicyclic) bond motifs is 2. The molecule has 1 aromatic carbocycles. The van der Waals surface area contributed by atoms with Crippen molar-refractivity contribution in [1.82, 2.24) is 15.5 Å². The lowest BCUT2D eigenvalue weighted by atomic mass is 9.95. The molecule has 2 saturated carbocycles. The maximum atomic E-state index is 5.63. The Morgan fingerprint density at radius 1 is 1.19 bits per heavy atom. The zero-order chi connectivity index (χ0) is 17.9. The van der Waals surface area contributed by atoms with Crippen LogP contribution >= 0.6 is 12.2 Å². The van der Waals surface area contributed by atoms with Crippen molar-refractivity contribution < 1.29 is 4.74 Å². The number of ether oxygens (including phenoxy) is 1. The second-order valence-electron chi connectivity index (χ2n) is 8.17. The lowest BCUT2D eigenvalue weighted by Gasteiger charge is -2.30. The summed E-state index contributed by atoms with van der Waals surface area (Å²) in [5, 5.41) is 7.96. The van der Waals surface area contributed by atoms with Crippen molar-refractivity contribution in [3.63, 3.8) is 0 Å². The van der Waals surface area contributed by atoms with E-state index in [-0.39, 0.29) is 0 Å². The second kappa shape index (κ2) is 8.13. The zero-order valence-electron chi connectivity index (χ0n) is 15.7. The first-order valence-corrected chi connectivity index (χ1v) is 10.6. The van der Waals surface area contributed by atoms with Crippen LogP contribution in [0.15, 0.2) is 24.3 Å². The number of hydrogen-bond donors (Lipinski definition) is 2. The molecule has 2 aliphatic carbocycles. The summed E-state index contributed by atoms with van der Waals surface area (Å²) in [6.07, 6.45) is 8.11. The van der Waals surface area contributed by atoms with Gasteiger partial charge in [-0.15, -0.1) is 0 Å². The van der Waals surface area contributed by atoms with Crippen molar-refractivity contribution in [3.05, 3.63) is 29.8 Å². The Hall–Kier alpha value is -1.33. The molecule has 0 unspecified atom stereocenters. The van der Waals surface area contributed by atoms with Gasteiger partial charge in [-0.05, 0) is 86.9 Å². The lowest BCUT2D eigenvalue weighted by Crippen LogP contribution is -2.46. The van der Waals surface area contributed by atoms with Gasteiger partial charge in [-0.25, -0.2) is 0 Å². The van der Waals surface area contributed by atoms with Crippen molar-refractivity contribution >= 4 is 17.3 Å². The molecule has 0 radical (unpaired) electrons. The fraction of sp³-hybridized carbons (Fsp3) is 0.667. The third-order valence-corrected chi connectivity index (χ3v) is 6.85. The highest BCUT2D eigenvalue weighted by atomic mass is 32.1. The van der Waals surface area contributed by atoms with Gasteiger partial charge < -0.3 is 15.4 Å². The first-order valence-electron chi connectivity index (χ1n) is 10.2. The minimum Gasteiger partial charge on any atom is -0.497 e. The summed E-state index contributed by atoms with van der Waals surface area (Å²) < 4.78 is 5.31. The second-order valence-corrected chi connectivity index (χ2v) is 8.58. The molecular weight excluding hydrogens is 342 g/mol. The van der Waals surface area contributed by atoms with E-state index in [0.717, 1.165) is 29.2 Å². The summed E-state index contributed by atoms with van der Waals surface area (Å²) in [5.74, 6) is 2.70. The molecule has 1 heterocycles. The van der Waals surface area contributed by atoms with E-state index >= 15 is 0 Å². The van der Waals surface area contributed by atoms with Gasteiger partial charge in [0.15, 0.2) is 5.11 Å². The minimum absolute atomic E-state index is 0.364. The van der Waals surface area contributed by atoms with Crippen LogP contribution in [-0.2, 0) is 0 Å². The molecule has 5 heteroatoms. The Balaban J connectivity index is 1.35. The minimum atomic E-state index is 0.364. The largest absolute Gasteiger partial charge is 0.497 e. The molecule has 0 aromatic heterocycles. The third-order valence-electron chi connectivity index (χ3n) is 6.59. The van der Waals surface area contributed by atoms with Crippen LogP contribution in [0, 0.1) is 11.8 Å². The van der Waals surface area contributed by atoms with Crippen molar-refractivity contribution in [2.75, 3.05) is 26.7 Å². The quantitative estimate of drug-likeness (QED) is 0.747. The predicted molar refractivity (Wildman–Crippen MR) is 110 cm³/mol. The number of nitrogens with zero attached hydrogens (tertiary/aromatic N) is 1. The maximum Gasteiger partial charge on any atom is 0.166 e. The molecule has 3 fully saturated rings. The summed E-state index contributed by atoms with van der Waals surface area (Å²) in [6.45, 7) is 3.20. The van der Waals surface area contributed by atoms with Gasteiger partial charge in [0.05, 0.1) is 13.2 Å². The summed E-state index contributed by atoms with van der Waals surface area (Å²) in [4.78, 5) is 2.58. The van der Waals surface area contributed by atoms with Crippen LogP contribution in [0.3, 0.4) is 0 Å². The van der Waals surface area contributed by atoms with Gasteiger partial charge in [0.25, 0.3) is 0 Å². The third kappa shape index (κ3) is 3.99. The van der Waals surface area contributed by atoms with E-state index in [4.69, 9.17) is 17.0 Å². The van der Waals surface area contributed by atoms with Crippen LogP contribution < -0.4 is 15.4 Å². The van der Waals surface area contributed by atoms with E-state index in [1.807, 2.05) is 0 Å². The highest BCUT2D eigenvalue weighted by molar-refractivity contribution is 7.80. The van der Waals surface area contributed by atoms with Crippen LogP contribution in [-0.4, -0.2) is 42.8 Å². The van der Waals surface area contributed by atoms with Crippen LogP contribution in [0.5, 0.6) is 5.75 Å². The standard InChI is InChI=1S/C21H31N3OS/c1-25-18-8-6-16(7-9-18)20(24-10-2-3-11-24)14-22-21(26)23-19-13-15-4-5-17(19)12-15/h6-9,15,17,19-20H,2-5,10-14H2,1H3,(H2,22,23,26)/t15-,17-,19+,20-/m1/s1. The van der Waals surface area contributed by atoms with E-state index < -0.39 is 0 Å². The molecular formula is C21H31N3OS. The van der Waals surface area contributed by atoms with E-state index in [2.05, 4.69) is 39.8 Å². The first kappa shape index (κ1) is 18.1. The maximum absolute atomic E-state index is 5.63. The Kier molecular flexibility index (Phi) is 5.65. The van der Waals surface area contributed by atoms with E-state index in [0.29, 0.717) is 12.1 Å². The average molecular weight is 374 g/mol. The monoisotopic (exact) mass is 373 g/mol. The normalized spacial score (nSPS) is 28.9. The molecule has 4 rings (SSSR count). The summed E-state index contributed by atoms with van der Waals surface area (Å²) >= 11 is 5.63. The first-order chi connectivity index (χ1) is 12.7. The van der Waals surface area contributed by atoms with E-state index in [9.17, 15) is 0 Å². The Morgan fingerprint density at radius 2 is 1.96 bits per heavy atom. The number of benzene rings is 1. The van der Waals surface area contributed by atoms with Crippen LogP contribution in [0.25, 0.3) is 0 Å². The molecule has 4 nitrogen and oxygen atoms in total. The number of likely N-dealkylation sites (tertiary alicyclic amines) is 1. The SMILES string of the molecule is COc1ccc([C@@H](CNC(=S)N[C@H]2C[C@@H]3CC[C@@H]2C3)N2CCCC2)cc1. The van der Waals surface area contributed by atoms with Gasteiger partial charge in [0.2, 0.25) is 0 Å². The topological polar surface area (TPSA) is 36.5 Å². The van der Waals surface area contributed by atoms with Crippen molar-refractivity contribution in [2.45, 2.75) is 50.6 Å². The number of thiocarbonyl (C=S) groups is 1. The number of nitrogens with one attached hydrogen (secondary N) is 2. The molecule has 1 aromatic rings. The lowest BCUT2D eigenvalue weighted by molar-refractivity contribution is 0.245. The van der Waals surface area contributed by atoms with Crippen LogP contribution in [0.1, 0.15) is 50.1 Å². The zero-order valence-corrected chi connectivity index (χ0v) is 16.6. The van der Waals surface area contributed by atoms with E-state index in [1.54, 1.807) is 7.11 Å².